The zero-order chi connectivity index (χ0) is 15.7. The summed E-state index contributed by atoms with van der Waals surface area (Å²) in [6.07, 6.45) is 3.91. The molecular weight excluding hydrogens is 302 g/mol. The number of fused-ring (bicyclic) bond motifs is 2. The third-order valence-electron chi connectivity index (χ3n) is 5.28. The Bertz CT molecular complexity index is 550. The molecule has 120 valence electrons. The predicted octanol–water partition coefficient (Wildman–Crippen LogP) is 3.93. The van der Waals surface area contributed by atoms with Gasteiger partial charge in [0.05, 0.1) is 6.04 Å². The van der Waals surface area contributed by atoms with Gasteiger partial charge in [0.1, 0.15) is 0 Å². The molecule has 4 atom stereocenters. The van der Waals surface area contributed by atoms with E-state index >= 15 is 0 Å². The van der Waals surface area contributed by atoms with Crippen molar-refractivity contribution in [2.75, 3.05) is 6.61 Å². The fourth-order valence-electron chi connectivity index (χ4n) is 4.37. The maximum Gasteiger partial charge on any atom is 0.408 e. The molecule has 2 saturated carbocycles. The SMILES string of the molecule is O=C(O)N(C(CCO)c1ccccc1Cl)C1CC2CCC1C2. The average Bonchev–Trinajstić information content (AvgIpc) is 3.10. The highest BCUT2D eigenvalue weighted by atomic mass is 35.5. The minimum absolute atomic E-state index is 0.0551. The van der Waals surface area contributed by atoms with Crippen molar-refractivity contribution in [1.82, 2.24) is 4.90 Å². The molecule has 2 aliphatic carbocycles. The summed E-state index contributed by atoms with van der Waals surface area (Å²) < 4.78 is 0. The largest absolute Gasteiger partial charge is 0.465 e. The van der Waals surface area contributed by atoms with Crippen molar-refractivity contribution >= 4 is 17.7 Å². The van der Waals surface area contributed by atoms with Gasteiger partial charge >= 0.3 is 6.09 Å². The van der Waals surface area contributed by atoms with E-state index in [0.717, 1.165) is 24.8 Å². The van der Waals surface area contributed by atoms with Gasteiger partial charge in [0, 0.05) is 17.7 Å². The van der Waals surface area contributed by atoms with Crippen LogP contribution in [0.5, 0.6) is 0 Å². The van der Waals surface area contributed by atoms with E-state index < -0.39 is 6.09 Å². The summed E-state index contributed by atoms with van der Waals surface area (Å²) in [4.78, 5) is 13.5. The Hall–Kier alpha value is -1.26. The van der Waals surface area contributed by atoms with Gasteiger partial charge in [-0.05, 0) is 49.1 Å². The summed E-state index contributed by atoms with van der Waals surface area (Å²) in [6, 6.07) is 7.04. The number of aliphatic hydroxyl groups is 1. The Morgan fingerprint density at radius 1 is 1.32 bits per heavy atom. The Morgan fingerprint density at radius 3 is 2.64 bits per heavy atom. The Balaban J connectivity index is 1.93. The van der Waals surface area contributed by atoms with Crippen molar-refractivity contribution in [2.24, 2.45) is 11.8 Å². The van der Waals surface area contributed by atoms with Crippen molar-refractivity contribution in [1.29, 1.82) is 0 Å². The maximum atomic E-state index is 12.0. The van der Waals surface area contributed by atoms with Gasteiger partial charge in [0.2, 0.25) is 0 Å². The molecule has 2 fully saturated rings. The molecule has 1 amide bonds. The molecule has 0 aromatic heterocycles. The molecule has 5 heteroatoms. The van der Waals surface area contributed by atoms with Crippen LogP contribution in [0, 0.1) is 11.8 Å². The van der Waals surface area contributed by atoms with Crippen LogP contribution in [0.2, 0.25) is 5.02 Å². The van der Waals surface area contributed by atoms with Crippen LogP contribution in [0.3, 0.4) is 0 Å². The monoisotopic (exact) mass is 323 g/mol. The minimum Gasteiger partial charge on any atom is -0.465 e. The lowest BCUT2D eigenvalue weighted by Crippen LogP contribution is -2.45. The van der Waals surface area contributed by atoms with Crippen LogP contribution in [0.15, 0.2) is 24.3 Å². The number of benzene rings is 1. The summed E-state index contributed by atoms with van der Waals surface area (Å²) >= 11 is 6.29. The summed E-state index contributed by atoms with van der Waals surface area (Å²) in [5, 5.41) is 19.8. The van der Waals surface area contributed by atoms with Crippen molar-refractivity contribution in [3.63, 3.8) is 0 Å². The number of amides is 1. The zero-order valence-corrected chi connectivity index (χ0v) is 13.2. The van der Waals surface area contributed by atoms with E-state index in [1.807, 2.05) is 18.2 Å². The second kappa shape index (κ2) is 6.47. The first-order valence-corrected chi connectivity index (χ1v) is 8.36. The highest BCUT2D eigenvalue weighted by molar-refractivity contribution is 6.31. The Labute approximate surface area is 135 Å². The standard InChI is InChI=1S/C17H22ClNO3/c18-14-4-2-1-3-13(14)15(7-8-20)19(17(21)22)16-10-11-5-6-12(16)9-11/h1-4,11-12,15-16,20H,5-10H2,(H,21,22). The number of carboxylic acid groups (broad SMARTS) is 1. The van der Waals surface area contributed by atoms with E-state index in [4.69, 9.17) is 11.6 Å². The van der Waals surface area contributed by atoms with Crippen molar-refractivity contribution in [3.8, 4) is 0 Å². The van der Waals surface area contributed by atoms with Crippen LogP contribution >= 0.6 is 11.6 Å². The maximum absolute atomic E-state index is 12.0. The molecule has 1 aromatic carbocycles. The lowest BCUT2D eigenvalue weighted by atomic mass is 9.91. The molecule has 2 bridgehead atoms. The molecular formula is C17H22ClNO3. The van der Waals surface area contributed by atoms with E-state index in [0.29, 0.717) is 23.3 Å². The van der Waals surface area contributed by atoms with Gasteiger partial charge < -0.3 is 10.2 Å². The Morgan fingerprint density at radius 2 is 2.09 bits per heavy atom. The summed E-state index contributed by atoms with van der Waals surface area (Å²) in [6.45, 7) is -0.0551. The fourth-order valence-corrected chi connectivity index (χ4v) is 4.63. The average molecular weight is 324 g/mol. The van der Waals surface area contributed by atoms with Crippen molar-refractivity contribution in [2.45, 2.75) is 44.2 Å². The molecule has 1 aromatic rings. The highest BCUT2D eigenvalue weighted by Crippen LogP contribution is 2.49. The molecule has 4 nitrogen and oxygen atoms in total. The molecule has 3 rings (SSSR count). The van der Waals surface area contributed by atoms with E-state index in [2.05, 4.69) is 0 Å². The van der Waals surface area contributed by atoms with Crippen LogP contribution in [0.1, 0.15) is 43.7 Å². The molecule has 0 aliphatic heterocycles. The lowest BCUT2D eigenvalue weighted by molar-refractivity contribution is 0.0673. The van der Waals surface area contributed by atoms with Gasteiger partial charge in [0.25, 0.3) is 0 Å². The molecule has 22 heavy (non-hydrogen) atoms. The summed E-state index contributed by atoms with van der Waals surface area (Å²) in [7, 11) is 0. The van der Waals surface area contributed by atoms with Crippen LogP contribution < -0.4 is 0 Å². The van der Waals surface area contributed by atoms with Gasteiger partial charge in [-0.2, -0.15) is 0 Å². The number of hydrogen-bond donors (Lipinski definition) is 2. The van der Waals surface area contributed by atoms with Crippen LogP contribution in [0.25, 0.3) is 0 Å². The number of nitrogens with zero attached hydrogens (tertiary/aromatic N) is 1. The van der Waals surface area contributed by atoms with Gasteiger partial charge in [-0.25, -0.2) is 4.79 Å². The molecule has 0 heterocycles. The first-order chi connectivity index (χ1) is 10.6. The molecule has 0 spiro atoms. The highest BCUT2D eigenvalue weighted by Gasteiger charge is 2.46. The van der Waals surface area contributed by atoms with E-state index in [-0.39, 0.29) is 18.7 Å². The van der Waals surface area contributed by atoms with Gasteiger partial charge in [-0.3, -0.25) is 4.90 Å². The predicted molar refractivity (Wildman–Crippen MR) is 85.0 cm³/mol. The number of hydrogen-bond acceptors (Lipinski definition) is 2. The van der Waals surface area contributed by atoms with Crippen LogP contribution in [0.4, 0.5) is 4.79 Å². The topological polar surface area (TPSA) is 60.8 Å². The number of rotatable bonds is 5. The zero-order valence-electron chi connectivity index (χ0n) is 12.5. The summed E-state index contributed by atoms with van der Waals surface area (Å²) in [5.41, 5.74) is 0.795. The minimum atomic E-state index is -0.907. The molecule has 2 N–H and O–H groups in total. The van der Waals surface area contributed by atoms with Gasteiger partial charge in [-0.15, -0.1) is 0 Å². The second-order valence-electron chi connectivity index (χ2n) is 6.48. The quantitative estimate of drug-likeness (QED) is 0.863. The number of halogens is 1. The molecule has 0 saturated heterocycles. The van der Waals surface area contributed by atoms with E-state index in [1.165, 1.54) is 6.42 Å². The smallest absolute Gasteiger partial charge is 0.408 e. The first kappa shape index (κ1) is 15.6. The van der Waals surface area contributed by atoms with Crippen LogP contribution in [-0.4, -0.2) is 33.9 Å². The van der Waals surface area contributed by atoms with E-state index in [9.17, 15) is 15.0 Å². The first-order valence-electron chi connectivity index (χ1n) is 7.98. The van der Waals surface area contributed by atoms with Crippen molar-refractivity contribution in [3.05, 3.63) is 34.9 Å². The van der Waals surface area contributed by atoms with E-state index in [1.54, 1.807) is 11.0 Å². The molecule has 4 unspecified atom stereocenters. The molecule has 0 radical (unpaired) electrons. The number of carbonyl (C=O) groups is 1. The Kier molecular flexibility index (Phi) is 4.59. The number of aliphatic hydroxyl groups excluding tert-OH is 1. The van der Waals surface area contributed by atoms with Crippen molar-refractivity contribution < 1.29 is 15.0 Å². The lowest BCUT2D eigenvalue weighted by Gasteiger charge is -2.38. The normalized spacial score (nSPS) is 27.8. The third-order valence-corrected chi connectivity index (χ3v) is 5.63. The molecule has 2 aliphatic rings. The second-order valence-corrected chi connectivity index (χ2v) is 6.89. The fraction of sp³-hybridized carbons (Fsp3) is 0.588. The third kappa shape index (κ3) is 2.82. The van der Waals surface area contributed by atoms with Crippen LogP contribution in [-0.2, 0) is 0 Å². The van der Waals surface area contributed by atoms with Gasteiger partial charge in [0.15, 0.2) is 0 Å². The van der Waals surface area contributed by atoms with Gasteiger partial charge in [-0.1, -0.05) is 36.2 Å². The summed E-state index contributed by atoms with van der Waals surface area (Å²) in [5.74, 6) is 1.13.